The van der Waals surface area contributed by atoms with Gasteiger partial charge in [0.1, 0.15) is 23.2 Å². The van der Waals surface area contributed by atoms with Crippen LogP contribution in [0.2, 0.25) is 0 Å². The average molecular weight is 776 g/mol. The van der Waals surface area contributed by atoms with Gasteiger partial charge in [-0.1, -0.05) is 25.9 Å². The van der Waals surface area contributed by atoms with E-state index in [1.807, 2.05) is 0 Å². The van der Waals surface area contributed by atoms with Crippen LogP contribution in [0.25, 0.3) is 21.4 Å². The molecule has 0 amide bonds. The topological polar surface area (TPSA) is 195 Å². The van der Waals surface area contributed by atoms with E-state index < -0.39 is 29.9 Å². The van der Waals surface area contributed by atoms with Crippen molar-refractivity contribution < 1.29 is 42.9 Å². The van der Waals surface area contributed by atoms with Crippen molar-refractivity contribution in [3.8, 4) is 5.75 Å². The van der Waals surface area contributed by atoms with Crippen LogP contribution in [-0.2, 0) is 35.1 Å². The van der Waals surface area contributed by atoms with Crippen molar-refractivity contribution in [2.24, 2.45) is 57.4 Å². The number of esters is 2. The number of carbonyl (C=O) groups excluding carboxylic acids is 3. The predicted octanol–water partition coefficient (Wildman–Crippen LogP) is 8.23. The molecule has 4 fully saturated rings. The third kappa shape index (κ3) is 8.77. The molecule has 1 N–H and O–H groups in total. The van der Waals surface area contributed by atoms with Crippen LogP contribution in [0.5, 0.6) is 5.75 Å². The first-order valence-electron chi connectivity index (χ1n) is 20.5. The highest BCUT2D eigenvalue weighted by Gasteiger charge is 2.60. The molecular weight excluding hydrogens is 718 g/mol. The Morgan fingerprint density at radius 1 is 1.02 bits per heavy atom. The Bertz CT molecular complexity index is 1910. The summed E-state index contributed by atoms with van der Waals surface area (Å²) in [5, 5.41) is 13.7. The lowest BCUT2D eigenvalue weighted by molar-refractivity contribution is -0.169. The maximum atomic E-state index is 13.6. The van der Waals surface area contributed by atoms with Crippen LogP contribution in [0.1, 0.15) is 110 Å². The quantitative estimate of drug-likeness (QED) is 0.0433. The molecule has 4 saturated carbocycles. The molecule has 0 saturated heterocycles. The van der Waals surface area contributed by atoms with E-state index in [4.69, 9.17) is 24.2 Å². The van der Waals surface area contributed by atoms with Gasteiger partial charge in [0.25, 0.3) is 0 Å². The molecule has 56 heavy (non-hydrogen) atoms. The van der Waals surface area contributed by atoms with E-state index in [9.17, 15) is 29.1 Å². The van der Waals surface area contributed by atoms with Gasteiger partial charge in [0.2, 0.25) is 0 Å². The lowest BCUT2D eigenvalue weighted by Crippen LogP contribution is -2.54. The number of ether oxygens (including phenoxy) is 3. The molecule has 1 aromatic carbocycles. The minimum atomic E-state index is -1.18. The number of hydrogen-bond acceptors (Lipinski definition) is 10. The Hall–Kier alpha value is -4.38. The van der Waals surface area contributed by atoms with Gasteiger partial charge >= 0.3 is 23.5 Å². The fourth-order valence-corrected chi connectivity index (χ4v) is 11.9. The lowest BCUT2D eigenvalue weighted by atomic mass is 9.44. The highest BCUT2D eigenvalue weighted by Crippen LogP contribution is 2.68. The number of azide groups is 1. The first kappa shape index (κ1) is 41.3. The van der Waals surface area contributed by atoms with Crippen LogP contribution in [0.15, 0.2) is 38.6 Å². The molecule has 13 heteroatoms. The first-order valence-corrected chi connectivity index (χ1v) is 20.5. The SMILES string of the molecule is COc1ccc2c(CC(=O)C[C@@H](CC(=O)O)C(=O)O[C@@H]3CC[C@@]4(C)[C@H](CC[C@@H]5[C@@H]4CC[C@]4(C)C([C@H](C)CCC(=O)OCCN=[N+]=[N-])CC[C@@H]54)C3)cc(=O)oc2c1. The van der Waals surface area contributed by atoms with E-state index in [-0.39, 0.29) is 60.3 Å². The number of Topliss-reactive ketones (excluding diaryl/α,β-unsaturated/α-hetero) is 1. The van der Waals surface area contributed by atoms with Crippen molar-refractivity contribution in [1.29, 1.82) is 0 Å². The van der Waals surface area contributed by atoms with Crippen LogP contribution in [0, 0.1) is 52.3 Å². The Balaban J connectivity index is 1.04. The number of fused-ring (bicyclic) bond motifs is 6. The number of benzene rings is 1. The molecule has 6 rings (SSSR count). The van der Waals surface area contributed by atoms with E-state index in [1.165, 1.54) is 38.9 Å². The number of nitrogens with zero attached hydrogens (tertiary/aromatic N) is 3. The van der Waals surface area contributed by atoms with Crippen molar-refractivity contribution in [1.82, 2.24) is 0 Å². The third-order valence-electron chi connectivity index (χ3n) is 14.6. The van der Waals surface area contributed by atoms with Crippen molar-refractivity contribution in [2.45, 2.75) is 117 Å². The minimum absolute atomic E-state index is 0.117. The number of rotatable bonds is 16. The fourth-order valence-electron chi connectivity index (χ4n) is 11.9. The summed E-state index contributed by atoms with van der Waals surface area (Å²) in [4.78, 5) is 66.1. The summed E-state index contributed by atoms with van der Waals surface area (Å²) in [5.74, 6) is 0.225. The van der Waals surface area contributed by atoms with Crippen molar-refractivity contribution >= 4 is 34.7 Å². The second kappa shape index (κ2) is 17.4. The van der Waals surface area contributed by atoms with E-state index in [0.29, 0.717) is 65.0 Å². The van der Waals surface area contributed by atoms with Gasteiger partial charge in [0.15, 0.2) is 0 Å². The van der Waals surface area contributed by atoms with Gasteiger partial charge in [0.05, 0.1) is 32.6 Å². The number of methoxy groups -OCH3 is 1. The maximum Gasteiger partial charge on any atom is 0.336 e. The fraction of sp³-hybridized carbons (Fsp3) is 0.698. The first-order chi connectivity index (χ1) is 26.7. The lowest BCUT2D eigenvalue weighted by Gasteiger charge is -2.61. The van der Waals surface area contributed by atoms with Gasteiger partial charge in [-0.15, -0.1) is 0 Å². The number of hydrogen-bond donors (Lipinski definition) is 1. The van der Waals surface area contributed by atoms with Crippen LogP contribution in [0.4, 0.5) is 0 Å². The van der Waals surface area contributed by atoms with Crippen molar-refractivity contribution in [3.63, 3.8) is 0 Å². The Kier molecular flexibility index (Phi) is 12.8. The number of carboxylic acids is 1. The molecule has 2 aromatic rings. The highest BCUT2D eigenvalue weighted by molar-refractivity contribution is 5.91. The molecule has 1 unspecified atom stereocenters. The molecule has 0 bridgehead atoms. The second-order valence-corrected chi connectivity index (χ2v) is 17.6. The normalized spacial score (nSPS) is 30.4. The molecule has 0 aliphatic heterocycles. The van der Waals surface area contributed by atoms with E-state index >= 15 is 0 Å². The smallest absolute Gasteiger partial charge is 0.336 e. The number of carboxylic acid groups (broad SMARTS) is 1. The van der Waals surface area contributed by atoms with Gasteiger partial charge < -0.3 is 23.7 Å². The summed E-state index contributed by atoms with van der Waals surface area (Å²) < 4.78 is 21.8. The molecule has 4 aliphatic rings. The van der Waals surface area contributed by atoms with Crippen molar-refractivity contribution in [2.75, 3.05) is 20.3 Å². The van der Waals surface area contributed by atoms with E-state index in [1.54, 1.807) is 18.2 Å². The second-order valence-electron chi connectivity index (χ2n) is 17.6. The van der Waals surface area contributed by atoms with Crippen LogP contribution < -0.4 is 10.4 Å². The minimum Gasteiger partial charge on any atom is -0.497 e. The van der Waals surface area contributed by atoms with Crippen LogP contribution in [0.3, 0.4) is 0 Å². The monoisotopic (exact) mass is 775 g/mol. The zero-order valence-corrected chi connectivity index (χ0v) is 33.2. The molecule has 4 aliphatic carbocycles. The highest BCUT2D eigenvalue weighted by atomic mass is 16.5. The number of carbonyl (C=O) groups is 4. The Labute approximate surface area is 327 Å². The van der Waals surface area contributed by atoms with E-state index in [0.717, 1.165) is 32.1 Å². The number of ketones is 1. The molecule has 10 atom stereocenters. The summed E-state index contributed by atoms with van der Waals surface area (Å²) in [7, 11) is 1.50. The summed E-state index contributed by atoms with van der Waals surface area (Å²) in [6.45, 7) is 7.51. The largest absolute Gasteiger partial charge is 0.497 e. The number of aliphatic carboxylic acids is 1. The molecule has 1 heterocycles. The predicted molar refractivity (Wildman–Crippen MR) is 207 cm³/mol. The zero-order valence-electron chi connectivity index (χ0n) is 33.2. The summed E-state index contributed by atoms with van der Waals surface area (Å²) in [6.07, 6.45) is 9.26. The summed E-state index contributed by atoms with van der Waals surface area (Å²) in [5.41, 5.74) is 8.91. The zero-order chi connectivity index (χ0) is 40.2. The van der Waals surface area contributed by atoms with Gasteiger partial charge in [-0.2, -0.15) is 0 Å². The van der Waals surface area contributed by atoms with Crippen LogP contribution >= 0.6 is 0 Å². The molecule has 304 valence electrons. The third-order valence-corrected chi connectivity index (χ3v) is 14.6. The molecule has 1 aromatic heterocycles. The summed E-state index contributed by atoms with van der Waals surface area (Å²) in [6, 6.07) is 6.22. The van der Waals surface area contributed by atoms with Gasteiger partial charge in [-0.05, 0) is 134 Å². The molecule has 0 spiro atoms. The Morgan fingerprint density at radius 3 is 2.54 bits per heavy atom. The molecular formula is C43H57N3O10. The molecule has 13 nitrogen and oxygen atoms in total. The average Bonchev–Trinajstić information content (AvgIpc) is 3.52. The summed E-state index contributed by atoms with van der Waals surface area (Å²) >= 11 is 0. The van der Waals surface area contributed by atoms with Crippen molar-refractivity contribution in [3.05, 3.63) is 50.7 Å². The molecule has 0 radical (unpaired) electrons. The van der Waals surface area contributed by atoms with Gasteiger partial charge in [-0.3, -0.25) is 19.2 Å². The van der Waals surface area contributed by atoms with Gasteiger partial charge in [-0.25, -0.2) is 4.79 Å². The van der Waals surface area contributed by atoms with E-state index in [2.05, 4.69) is 30.8 Å². The van der Waals surface area contributed by atoms with Crippen LogP contribution in [-0.4, -0.2) is 55.2 Å². The van der Waals surface area contributed by atoms with Gasteiger partial charge in [0, 0.05) is 41.7 Å². The standard InChI is InChI=1S/C43H57N3O10/c1-25(5-12-39(50)54-18-17-45-46-44)34-10-11-35-33-8-6-28-23-31(13-15-42(28,2)36(33)14-16-43(34,35)3)55-41(52)27(21-38(48)49)20-29(47)19-26-22-40(51)56-37-24-30(53-4)7-9-32(26)37/h7,9,22,24-25,27-28,31,33-36H,5-6,8,10-21,23H2,1-4H3,(H,48,49)/t25-,27+,28-,31-,33+,34?,35+,36+,42+,43-/m1/s1. The Morgan fingerprint density at radius 2 is 1.79 bits per heavy atom. The maximum absolute atomic E-state index is 13.6.